The highest BCUT2D eigenvalue weighted by Crippen LogP contribution is 2.27. The zero-order chi connectivity index (χ0) is 24.4. The third-order valence-corrected chi connectivity index (χ3v) is 5.79. The van der Waals surface area contributed by atoms with E-state index in [9.17, 15) is 14.4 Å². The van der Waals surface area contributed by atoms with E-state index in [0.29, 0.717) is 30.3 Å². The van der Waals surface area contributed by atoms with Gasteiger partial charge in [0.15, 0.2) is 11.7 Å². The predicted octanol–water partition coefficient (Wildman–Crippen LogP) is 3.22. The number of rotatable bonds is 13. The van der Waals surface area contributed by atoms with Gasteiger partial charge in [0.2, 0.25) is 11.8 Å². The molecule has 182 valence electrons. The summed E-state index contributed by atoms with van der Waals surface area (Å²) in [5.74, 6) is 0.618. The average molecular weight is 458 g/mol. The van der Waals surface area contributed by atoms with Crippen molar-refractivity contribution in [1.29, 1.82) is 0 Å². The van der Waals surface area contributed by atoms with Gasteiger partial charge in [0.05, 0.1) is 12.2 Å². The van der Waals surface area contributed by atoms with Gasteiger partial charge < -0.3 is 20.9 Å². The largest absolute Gasteiger partial charge is 0.369 e. The lowest BCUT2D eigenvalue weighted by Gasteiger charge is -2.28. The third kappa shape index (κ3) is 8.51. The molecule has 3 N–H and O–H groups in total. The number of guanidine groups is 1. The summed E-state index contributed by atoms with van der Waals surface area (Å²) in [6.07, 6.45) is 4.47. The van der Waals surface area contributed by atoms with Gasteiger partial charge in [-0.15, -0.1) is 0 Å². The summed E-state index contributed by atoms with van der Waals surface area (Å²) in [5, 5.41) is 2.91. The highest BCUT2D eigenvalue weighted by Gasteiger charge is 2.21. The van der Waals surface area contributed by atoms with Crippen molar-refractivity contribution in [1.82, 2.24) is 15.1 Å². The van der Waals surface area contributed by atoms with E-state index in [1.807, 2.05) is 0 Å². The SMILES string of the molecule is CCCCCN(C)C(=O)CCC(=O)c1ccc2c(c1)CN(CC(=O)NCCC(C)C)C(N)=N2. The first-order chi connectivity index (χ1) is 15.7. The summed E-state index contributed by atoms with van der Waals surface area (Å²) in [6.45, 7) is 8.22. The van der Waals surface area contributed by atoms with Crippen molar-refractivity contribution in [3.8, 4) is 0 Å². The lowest BCUT2D eigenvalue weighted by molar-refractivity contribution is -0.130. The summed E-state index contributed by atoms with van der Waals surface area (Å²) < 4.78 is 0. The molecule has 0 atom stereocenters. The molecule has 0 fully saturated rings. The molecule has 0 bridgehead atoms. The maximum Gasteiger partial charge on any atom is 0.239 e. The Hall–Kier alpha value is -2.90. The van der Waals surface area contributed by atoms with Crippen molar-refractivity contribution in [2.75, 3.05) is 26.7 Å². The molecule has 0 saturated heterocycles. The van der Waals surface area contributed by atoms with E-state index in [-0.39, 0.29) is 42.9 Å². The van der Waals surface area contributed by atoms with Crippen LogP contribution in [0.15, 0.2) is 23.2 Å². The summed E-state index contributed by atoms with van der Waals surface area (Å²) in [7, 11) is 1.79. The number of unbranched alkanes of at least 4 members (excludes halogenated alkanes) is 2. The molecule has 0 aliphatic carbocycles. The minimum atomic E-state index is -0.106. The number of nitrogens with zero attached hydrogens (tertiary/aromatic N) is 3. The van der Waals surface area contributed by atoms with E-state index in [4.69, 9.17) is 5.73 Å². The van der Waals surface area contributed by atoms with Gasteiger partial charge in [0, 0.05) is 45.1 Å². The van der Waals surface area contributed by atoms with Crippen LogP contribution in [0.4, 0.5) is 5.69 Å². The smallest absolute Gasteiger partial charge is 0.239 e. The molecule has 0 unspecified atom stereocenters. The van der Waals surface area contributed by atoms with Crippen LogP contribution in [0.1, 0.15) is 75.2 Å². The summed E-state index contributed by atoms with van der Waals surface area (Å²) in [6, 6.07) is 5.29. The summed E-state index contributed by atoms with van der Waals surface area (Å²) in [4.78, 5) is 45.1. The molecule has 1 heterocycles. The van der Waals surface area contributed by atoms with E-state index in [1.165, 1.54) is 0 Å². The molecule has 0 spiro atoms. The molecule has 0 saturated carbocycles. The number of carbonyl (C=O) groups excluding carboxylic acids is 3. The van der Waals surface area contributed by atoms with Crippen molar-refractivity contribution < 1.29 is 14.4 Å². The van der Waals surface area contributed by atoms with Crippen LogP contribution >= 0.6 is 0 Å². The molecule has 1 aromatic rings. The second-order valence-corrected chi connectivity index (χ2v) is 9.15. The van der Waals surface area contributed by atoms with Crippen LogP contribution in [0.3, 0.4) is 0 Å². The van der Waals surface area contributed by atoms with Crippen molar-refractivity contribution in [3.05, 3.63) is 29.3 Å². The molecular formula is C25H39N5O3. The fourth-order valence-electron chi connectivity index (χ4n) is 3.62. The van der Waals surface area contributed by atoms with Crippen molar-refractivity contribution in [3.63, 3.8) is 0 Å². The molecule has 1 aromatic carbocycles. The van der Waals surface area contributed by atoms with Crippen LogP contribution in [-0.4, -0.2) is 60.0 Å². The van der Waals surface area contributed by atoms with Gasteiger partial charge >= 0.3 is 0 Å². The zero-order valence-corrected chi connectivity index (χ0v) is 20.5. The average Bonchev–Trinajstić information content (AvgIpc) is 2.77. The molecule has 2 rings (SSSR count). The van der Waals surface area contributed by atoms with Gasteiger partial charge in [-0.25, -0.2) is 4.99 Å². The number of ketones is 1. The van der Waals surface area contributed by atoms with E-state index in [1.54, 1.807) is 35.0 Å². The fourth-order valence-corrected chi connectivity index (χ4v) is 3.62. The Labute approximate surface area is 197 Å². The molecule has 0 radical (unpaired) electrons. The van der Waals surface area contributed by atoms with Crippen molar-refractivity contribution in [2.45, 2.75) is 65.8 Å². The van der Waals surface area contributed by atoms with Crippen LogP contribution in [0.5, 0.6) is 0 Å². The van der Waals surface area contributed by atoms with Gasteiger partial charge in [0.25, 0.3) is 0 Å². The van der Waals surface area contributed by atoms with Crippen molar-refractivity contribution >= 4 is 29.2 Å². The minimum Gasteiger partial charge on any atom is -0.369 e. The van der Waals surface area contributed by atoms with Gasteiger partial charge in [-0.2, -0.15) is 0 Å². The highest BCUT2D eigenvalue weighted by molar-refractivity contribution is 5.99. The number of fused-ring (bicyclic) bond motifs is 1. The van der Waals surface area contributed by atoms with Crippen molar-refractivity contribution in [2.24, 2.45) is 16.6 Å². The maximum atomic E-state index is 12.7. The zero-order valence-electron chi connectivity index (χ0n) is 20.5. The van der Waals surface area contributed by atoms with E-state index < -0.39 is 0 Å². The Morgan fingerprint density at radius 3 is 2.67 bits per heavy atom. The number of Topliss-reactive ketones (excluding diaryl/α,β-unsaturated/α-hetero) is 1. The lowest BCUT2D eigenvalue weighted by atomic mass is 10.0. The van der Waals surface area contributed by atoms with Gasteiger partial charge in [-0.3, -0.25) is 14.4 Å². The first-order valence-corrected chi connectivity index (χ1v) is 12.0. The summed E-state index contributed by atoms with van der Waals surface area (Å²) in [5.41, 5.74) is 8.15. The number of nitrogens with two attached hydrogens (primary N) is 1. The normalized spacial score (nSPS) is 12.9. The number of hydrogen-bond acceptors (Lipinski definition) is 6. The first-order valence-electron chi connectivity index (χ1n) is 12.0. The Bertz CT molecular complexity index is 866. The summed E-state index contributed by atoms with van der Waals surface area (Å²) >= 11 is 0. The predicted molar refractivity (Wildman–Crippen MR) is 131 cm³/mol. The third-order valence-electron chi connectivity index (χ3n) is 5.79. The van der Waals surface area contributed by atoms with Crippen LogP contribution in [0.25, 0.3) is 0 Å². The molecule has 2 amide bonds. The molecule has 8 nitrogen and oxygen atoms in total. The Morgan fingerprint density at radius 1 is 1.21 bits per heavy atom. The number of hydrogen-bond donors (Lipinski definition) is 2. The molecule has 1 aliphatic heterocycles. The number of nitrogens with one attached hydrogen (secondary N) is 1. The van der Waals surface area contributed by atoms with Gasteiger partial charge in [-0.1, -0.05) is 33.6 Å². The van der Waals surface area contributed by atoms with Gasteiger partial charge in [0.1, 0.15) is 0 Å². The number of aliphatic imine (C=N–C) groups is 1. The van der Waals surface area contributed by atoms with Crippen LogP contribution < -0.4 is 11.1 Å². The minimum absolute atomic E-state index is 0.00978. The lowest BCUT2D eigenvalue weighted by Crippen LogP contribution is -2.45. The Kier molecular flexibility index (Phi) is 10.4. The van der Waals surface area contributed by atoms with E-state index in [2.05, 4.69) is 31.1 Å². The Balaban J connectivity index is 1.92. The van der Waals surface area contributed by atoms with E-state index in [0.717, 1.165) is 37.8 Å². The molecule has 33 heavy (non-hydrogen) atoms. The molecule has 1 aliphatic rings. The number of carbonyl (C=O) groups is 3. The quantitative estimate of drug-likeness (QED) is 0.349. The second-order valence-electron chi connectivity index (χ2n) is 9.15. The maximum absolute atomic E-state index is 12.7. The standard InChI is InChI=1S/C25H39N5O3/c1-5-6-7-14-29(4)24(33)11-10-22(31)19-8-9-21-20(15-19)16-30(25(26)28-21)17-23(32)27-13-12-18(2)3/h8-9,15,18H,5-7,10-14,16-17H2,1-4H3,(H2,26,28)(H,27,32). The van der Waals surface area contributed by atoms with Crippen LogP contribution in [0, 0.1) is 5.92 Å². The first kappa shape index (κ1) is 26.4. The molecular weight excluding hydrogens is 418 g/mol. The Morgan fingerprint density at radius 2 is 1.97 bits per heavy atom. The van der Waals surface area contributed by atoms with Gasteiger partial charge in [-0.05, 0) is 42.5 Å². The molecule has 8 heteroatoms. The van der Waals surface area contributed by atoms with E-state index >= 15 is 0 Å². The topological polar surface area (TPSA) is 108 Å². The number of benzene rings is 1. The number of amides is 2. The van der Waals surface area contributed by atoms with Crippen LogP contribution in [0.2, 0.25) is 0 Å². The molecule has 0 aromatic heterocycles. The van der Waals surface area contributed by atoms with Crippen LogP contribution in [-0.2, 0) is 16.1 Å². The fraction of sp³-hybridized carbons (Fsp3) is 0.600. The monoisotopic (exact) mass is 457 g/mol. The second kappa shape index (κ2) is 13.0. The highest BCUT2D eigenvalue weighted by atomic mass is 16.2.